The Kier molecular flexibility index (Phi) is 7.52. The Balaban J connectivity index is 1.42. The van der Waals surface area contributed by atoms with Crippen LogP contribution in [0.25, 0.3) is 11.0 Å². The summed E-state index contributed by atoms with van der Waals surface area (Å²) in [6.45, 7) is 6.38. The van der Waals surface area contributed by atoms with E-state index in [1.54, 1.807) is 0 Å². The van der Waals surface area contributed by atoms with Gasteiger partial charge in [0.15, 0.2) is 5.16 Å². The van der Waals surface area contributed by atoms with Crippen LogP contribution in [0.3, 0.4) is 0 Å². The molecule has 0 spiro atoms. The minimum absolute atomic E-state index is 0.130. The highest BCUT2D eigenvalue weighted by molar-refractivity contribution is 7.99. The fourth-order valence-corrected chi connectivity index (χ4v) is 3.84. The first kappa shape index (κ1) is 20.1. The Morgan fingerprint density at radius 1 is 1.44 bits per heavy atom. The Hall–Kier alpha value is -1.60. The molecular formula is C20H29N3O3S. The third-order valence-electron chi connectivity index (χ3n) is 5.02. The number of fused-ring (bicyclic) bond motifs is 1. The molecule has 2 aromatic heterocycles. The van der Waals surface area contributed by atoms with Crippen molar-refractivity contribution >= 4 is 28.8 Å². The fraction of sp³-hybridized carbons (Fsp3) is 0.650. The molecule has 1 fully saturated rings. The van der Waals surface area contributed by atoms with Gasteiger partial charge in [-0.25, -0.2) is 9.97 Å². The zero-order chi connectivity index (χ0) is 19.1. The summed E-state index contributed by atoms with van der Waals surface area (Å²) in [6, 6.07) is 2.40. The molecule has 0 aromatic carbocycles. The summed E-state index contributed by atoms with van der Waals surface area (Å²) in [7, 11) is 0. The number of nitrogens with zero attached hydrogens (tertiary/aromatic N) is 3. The summed E-state index contributed by atoms with van der Waals surface area (Å²) < 4.78 is 12.9. The summed E-state index contributed by atoms with van der Waals surface area (Å²) in [5.74, 6) is 0.986. The number of carbonyl (C=O) groups excluding carboxylic acids is 1. The minimum atomic E-state index is -0.130. The van der Waals surface area contributed by atoms with E-state index in [9.17, 15) is 4.79 Å². The number of ether oxygens (including phenoxy) is 2. The lowest BCUT2D eigenvalue weighted by Gasteiger charge is -2.28. The zero-order valence-electron chi connectivity index (χ0n) is 16.2. The number of aromatic nitrogens is 3. The van der Waals surface area contributed by atoms with Crippen molar-refractivity contribution in [2.24, 2.45) is 5.92 Å². The summed E-state index contributed by atoms with van der Waals surface area (Å²) in [4.78, 5) is 21.0. The molecule has 1 aliphatic heterocycles. The van der Waals surface area contributed by atoms with Gasteiger partial charge < -0.3 is 14.0 Å². The summed E-state index contributed by atoms with van der Waals surface area (Å²) >= 11 is 1.50. The molecule has 0 radical (unpaired) electrons. The van der Waals surface area contributed by atoms with Gasteiger partial charge in [-0.1, -0.05) is 44.9 Å². The monoisotopic (exact) mass is 391 g/mol. The topological polar surface area (TPSA) is 66.2 Å². The highest BCUT2D eigenvalue weighted by Crippen LogP contribution is 2.25. The number of thioether (sulfide) groups is 1. The number of hydrogen-bond acceptors (Lipinski definition) is 6. The number of unbranched alkanes of at least 4 members (excludes halogenated alkanes) is 1. The second-order valence-electron chi connectivity index (χ2n) is 7.04. The summed E-state index contributed by atoms with van der Waals surface area (Å²) in [5, 5.41) is 0.701. The smallest absolute Gasteiger partial charge is 0.306 e. The van der Waals surface area contributed by atoms with E-state index in [0.29, 0.717) is 35.9 Å². The maximum atomic E-state index is 12.0. The highest BCUT2D eigenvalue weighted by atomic mass is 32.2. The Morgan fingerprint density at radius 2 is 2.30 bits per heavy atom. The summed E-state index contributed by atoms with van der Waals surface area (Å²) in [5.41, 5.74) is 1.97. The lowest BCUT2D eigenvalue weighted by molar-refractivity contribution is -0.144. The second-order valence-corrected chi connectivity index (χ2v) is 8.10. The van der Waals surface area contributed by atoms with Crippen LogP contribution in [0.4, 0.5) is 0 Å². The standard InChI is InChI=1S/C20H29N3O3S/c1-3-5-6-15(4-2)12-26-19(24)8-10-27-20-21-11-18-17(22-20)7-9-23(18)16-13-25-14-16/h7,9,11,15-16H,3-6,8,10,12-14H2,1-2H3. The zero-order valence-corrected chi connectivity index (χ0v) is 17.0. The van der Waals surface area contributed by atoms with Crippen molar-refractivity contribution in [3.63, 3.8) is 0 Å². The Morgan fingerprint density at radius 3 is 3.00 bits per heavy atom. The maximum Gasteiger partial charge on any atom is 0.306 e. The van der Waals surface area contributed by atoms with Gasteiger partial charge in [0.05, 0.1) is 49.5 Å². The Labute approximate surface area is 165 Å². The number of carbonyl (C=O) groups is 1. The molecule has 3 heterocycles. The quantitative estimate of drug-likeness (QED) is 0.324. The first-order valence-electron chi connectivity index (χ1n) is 9.91. The van der Waals surface area contributed by atoms with Gasteiger partial charge in [0.25, 0.3) is 0 Å². The number of esters is 1. The van der Waals surface area contributed by atoms with Crippen molar-refractivity contribution in [3.8, 4) is 0 Å². The van der Waals surface area contributed by atoms with Crippen LogP contribution in [0, 0.1) is 5.92 Å². The molecule has 1 atom stereocenters. The molecule has 27 heavy (non-hydrogen) atoms. The van der Waals surface area contributed by atoms with Gasteiger partial charge in [-0.2, -0.15) is 0 Å². The third-order valence-corrected chi connectivity index (χ3v) is 5.88. The normalized spacial score (nSPS) is 15.6. The average Bonchev–Trinajstić information content (AvgIpc) is 3.03. The van der Waals surface area contributed by atoms with Gasteiger partial charge in [-0.15, -0.1) is 0 Å². The van der Waals surface area contributed by atoms with Gasteiger partial charge in [0.1, 0.15) is 0 Å². The maximum absolute atomic E-state index is 12.0. The van der Waals surface area contributed by atoms with E-state index >= 15 is 0 Å². The van der Waals surface area contributed by atoms with E-state index in [1.807, 2.05) is 18.5 Å². The molecule has 0 amide bonds. The lowest BCUT2D eigenvalue weighted by atomic mass is 10.0. The van der Waals surface area contributed by atoms with Crippen molar-refractivity contribution < 1.29 is 14.3 Å². The molecule has 2 aromatic rings. The minimum Gasteiger partial charge on any atom is -0.465 e. The van der Waals surface area contributed by atoms with E-state index in [2.05, 4.69) is 28.4 Å². The van der Waals surface area contributed by atoms with Crippen molar-refractivity contribution in [1.29, 1.82) is 0 Å². The van der Waals surface area contributed by atoms with Crippen molar-refractivity contribution in [1.82, 2.24) is 14.5 Å². The Bertz CT molecular complexity index is 745. The molecule has 0 bridgehead atoms. The molecule has 1 aliphatic rings. The van der Waals surface area contributed by atoms with Gasteiger partial charge in [-0.05, 0) is 18.4 Å². The van der Waals surface area contributed by atoms with Crippen molar-refractivity contribution in [3.05, 3.63) is 18.5 Å². The van der Waals surface area contributed by atoms with E-state index in [0.717, 1.165) is 37.1 Å². The van der Waals surface area contributed by atoms with Gasteiger partial charge in [-0.3, -0.25) is 4.79 Å². The molecule has 0 aliphatic carbocycles. The first-order valence-corrected chi connectivity index (χ1v) is 10.9. The van der Waals surface area contributed by atoms with E-state index < -0.39 is 0 Å². The molecular weight excluding hydrogens is 362 g/mol. The van der Waals surface area contributed by atoms with Crippen LogP contribution in [0.2, 0.25) is 0 Å². The van der Waals surface area contributed by atoms with E-state index in [-0.39, 0.29) is 5.97 Å². The van der Waals surface area contributed by atoms with Crippen molar-refractivity contribution in [2.75, 3.05) is 25.6 Å². The van der Waals surface area contributed by atoms with Crippen molar-refractivity contribution in [2.45, 2.75) is 57.1 Å². The van der Waals surface area contributed by atoms with Gasteiger partial charge >= 0.3 is 5.97 Å². The van der Waals surface area contributed by atoms with Crippen LogP contribution in [-0.4, -0.2) is 46.1 Å². The van der Waals surface area contributed by atoms with Crippen LogP contribution in [0.15, 0.2) is 23.6 Å². The molecule has 1 saturated heterocycles. The highest BCUT2D eigenvalue weighted by Gasteiger charge is 2.22. The molecule has 0 saturated carbocycles. The fourth-order valence-electron chi connectivity index (χ4n) is 3.10. The lowest BCUT2D eigenvalue weighted by Crippen LogP contribution is -2.30. The van der Waals surface area contributed by atoms with E-state index in [1.165, 1.54) is 24.6 Å². The van der Waals surface area contributed by atoms with Gasteiger partial charge in [0, 0.05) is 11.9 Å². The molecule has 0 N–H and O–H groups in total. The predicted molar refractivity (Wildman–Crippen MR) is 107 cm³/mol. The average molecular weight is 392 g/mol. The molecule has 148 valence electrons. The van der Waals surface area contributed by atoms with Crippen LogP contribution >= 0.6 is 11.8 Å². The van der Waals surface area contributed by atoms with E-state index in [4.69, 9.17) is 9.47 Å². The molecule has 6 nitrogen and oxygen atoms in total. The van der Waals surface area contributed by atoms with Crippen LogP contribution in [-0.2, 0) is 14.3 Å². The van der Waals surface area contributed by atoms with Crippen LogP contribution in [0.1, 0.15) is 52.0 Å². The second kappa shape index (κ2) is 10.1. The molecule has 1 unspecified atom stereocenters. The summed E-state index contributed by atoms with van der Waals surface area (Å²) in [6.07, 6.45) is 8.86. The first-order chi connectivity index (χ1) is 13.2. The molecule has 3 rings (SSSR count). The van der Waals surface area contributed by atoms with Crippen LogP contribution < -0.4 is 0 Å². The largest absolute Gasteiger partial charge is 0.465 e. The third kappa shape index (κ3) is 5.45. The van der Waals surface area contributed by atoms with Crippen LogP contribution in [0.5, 0.6) is 0 Å². The number of hydrogen-bond donors (Lipinski definition) is 0. The predicted octanol–water partition coefficient (Wildman–Crippen LogP) is 4.24. The molecule has 7 heteroatoms. The van der Waals surface area contributed by atoms with Gasteiger partial charge in [0.2, 0.25) is 0 Å². The SMILES string of the molecule is CCCCC(CC)COC(=O)CCSc1ncc2c(ccn2C2COC2)n1. The number of rotatable bonds is 11.